The van der Waals surface area contributed by atoms with Gasteiger partial charge in [-0.3, -0.25) is 0 Å². The maximum Gasteiger partial charge on any atom is 0.241 e. The number of hydrogen-bond donors (Lipinski definition) is 0. The summed E-state index contributed by atoms with van der Waals surface area (Å²) >= 11 is 0. The predicted molar refractivity (Wildman–Crippen MR) is 35.5 cm³/mol. The van der Waals surface area contributed by atoms with E-state index in [1.807, 2.05) is 0 Å². The number of amidine groups is 1. The van der Waals surface area contributed by atoms with Crippen molar-refractivity contribution in [1.82, 2.24) is 0 Å². The lowest BCUT2D eigenvalue weighted by atomic mass is 10.7. The Morgan fingerprint density at radius 2 is 2.22 bits per heavy atom. The Labute approximate surface area is 53.5 Å². The van der Waals surface area contributed by atoms with Gasteiger partial charge in [0.05, 0.1) is 6.21 Å². The van der Waals surface area contributed by atoms with Crippen LogP contribution in [0.25, 0.3) is 0 Å². The molecule has 0 bridgehead atoms. The van der Waals surface area contributed by atoms with E-state index in [2.05, 4.69) is 9.98 Å². The summed E-state index contributed by atoms with van der Waals surface area (Å²) in [6, 6.07) is 0. The lowest BCUT2D eigenvalue weighted by molar-refractivity contribution is 0.627. The summed E-state index contributed by atoms with van der Waals surface area (Å²) in [6.07, 6.45) is 1.22. The molecular formula is C4H4N2O2S. The van der Waals surface area contributed by atoms with Crippen molar-refractivity contribution in [3.05, 3.63) is 0 Å². The van der Waals surface area contributed by atoms with Crippen molar-refractivity contribution < 1.29 is 8.42 Å². The lowest BCUT2D eigenvalue weighted by Crippen LogP contribution is -1.90. The van der Waals surface area contributed by atoms with Crippen molar-refractivity contribution in [2.45, 2.75) is 6.92 Å². The Kier molecular flexibility index (Phi) is 1.44. The molecule has 48 valence electrons. The van der Waals surface area contributed by atoms with E-state index in [0.717, 1.165) is 0 Å². The quantitative estimate of drug-likeness (QED) is 0.430. The van der Waals surface area contributed by atoms with E-state index in [9.17, 15) is 8.42 Å². The van der Waals surface area contributed by atoms with Crippen molar-refractivity contribution in [3.8, 4) is 0 Å². The molecule has 1 rings (SSSR count). The van der Waals surface area contributed by atoms with Gasteiger partial charge >= 0.3 is 0 Å². The summed E-state index contributed by atoms with van der Waals surface area (Å²) in [7, 11) is -2.23. The van der Waals surface area contributed by atoms with Crippen LogP contribution in [0.4, 0.5) is 0 Å². The molecule has 1 aliphatic heterocycles. The van der Waals surface area contributed by atoms with Crippen LogP contribution in [0.3, 0.4) is 0 Å². The molecule has 0 spiro atoms. The van der Waals surface area contributed by atoms with Gasteiger partial charge in [0.25, 0.3) is 0 Å². The highest BCUT2D eigenvalue weighted by atomic mass is 32.2. The number of aliphatic imine (C=N–C) groups is 2. The van der Waals surface area contributed by atoms with Gasteiger partial charge in [0.15, 0.2) is 0 Å². The van der Waals surface area contributed by atoms with Crippen LogP contribution in [0.1, 0.15) is 6.92 Å². The van der Waals surface area contributed by atoms with E-state index >= 15 is 0 Å². The average molecular weight is 144 g/mol. The summed E-state index contributed by atoms with van der Waals surface area (Å²) in [6.45, 7) is 1.64. The average Bonchev–Trinajstić information content (AvgIpc) is 2.14. The molecule has 0 amide bonds. The van der Waals surface area contributed by atoms with E-state index in [-0.39, 0.29) is 4.99 Å². The van der Waals surface area contributed by atoms with E-state index in [0.29, 0.717) is 5.84 Å². The van der Waals surface area contributed by atoms with Gasteiger partial charge in [-0.2, -0.15) is 8.42 Å². The van der Waals surface area contributed by atoms with Crippen molar-refractivity contribution in [2.24, 2.45) is 9.98 Å². The van der Waals surface area contributed by atoms with E-state index < -0.39 is 10.3 Å². The highest BCUT2D eigenvalue weighted by Crippen LogP contribution is 1.88. The summed E-state index contributed by atoms with van der Waals surface area (Å²) in [4.78, 5) is 7.23. The first-order valence-electron chi connectivity index (χ1n) is 2.26. The van der Waals surface area contributed by atoms with Crippen LogP contribution >= 0.6 is 0 Å². The molecule has 0 fully saturated rings. The topological polar surface area (TPSA) is 58.9 Å². The Morgan fingerprint density at radius 1 is 1.56 bits per heavy atom. The zero-order valence-electron chi connectivity index (χ0n) is 4.70. The molecule has 0 saturated heterocycles. The van der Waals surface area contributed by atoms with Gasteiger partial charge in [0.1, 0.15) is 5.84 Å². The summed E-state index contributed by atoms with van der Waals surface area (Å²) in [5.74, 6) is 0.481. The molecule has 0 aliphatic carbocycles. The number of nitrogens with zero attached hydrogens (tertiary/aromatic N) is 2. The number of rotatable bonds is 0. The molecule has 0 atom stereocenters. The Bertz CT molecular complexity index is 301. The second kappa shape index (κ2) is 2.10. The smallest absolute Gasteiger partial charge is 0.238 e. The molecule has 4 nitrogen and oxygen atoms in total. The third-order valence-electron chi connectivity index (χ3n) is 0.805. The van der Waals surface area contributed by atoms with E-state index in [1.165, 1.54) is 6.21 Å². The second-order valence-electron chi connectivity index (χ2n) is 1.49. The standard InChI is InChI=1S/C4H4N2O2S/c1-3-5-2-4(6-3)9(7)8/h2H,1H3. The highest BCUT2D eigenvalue weighted by Gasteiger charge is 2.01. The molecular weight excluding hydrogens is 140 g/mol. The molecule has 0 aromatic carbocycles. The van der Waals surface area contributed by atoms with Gasteiger partial charge in [-0.25, -0.2) is 9.98 Å². The zero-order chi connectivity index (χ0) is 6.85. The van der Waals surface area contributed by atoms with Crippen LogP contribution in [0.5, 0.6) is 0 Å². The molecule has 9 heavy (non-hydrogen) atoms. The fourth-order valence-electron chi connectivity index (χ4n) is 0.446. The first-order chi connectivity index (χ1) is 4.20. The van der Waals surface area contributed by atoms with Crippen LogP contribution in [0.2, 0.25) is 0 Å². The predicted octanol–water partition coefficient (Wildman–Crippen LogP) is -0.502. The molecule has 0 radical (unpaired) electrons. The fourth-order valence-corrected chi connectivity index (χ4v) is 0.792. The largest absolute Gasteiger partial charge is 0.241 e. The maximum absolute atomic E-state index is 10.1. The van der Waals surface area contributed by atoms with Crippen LogP contribution in [-0.2, 0) is 10.3 Å². The monoisotopic (exact) mass is 144 g/mol. The molecule has 0 unspecified atom stereocenters. The third kappa shape index (κ3) is 1.23. The van der Waals surface area contributed by atoms with Crippen molar-refractivity contribution >= 4 is 27.3 Å². The van der Waals surface area contributed by atoms with Gasteiger partial charge in [0.2, 0.25) is 15.3 Å². The maximum atomic E-state index is 10.1. The first kappa shape index (κ1) is 6.15. The molecule has 1 aliphatic rings. The third-order valence-corrected chi connectivity index (χ3v) is 1.34. The van der Waals surface area contributed by atoms with Gasteiger partial charge in [0, 0.05) is 0 Å². The molecule has 0 saturated carbocycles. The summed E-state index contributed by atoms with van der Waals surface area (Å²) in [5.41, 5.74) is 0. The summed E-state index contributed by atoms with van der Waals surface area (Å²) in [5, 5.41) is 0. The van der Waals surface area contributed by atoms with Crippen LogP contribution in [0, 0.1) is 0 Å². The van der Waals surface area contributed by atoms with Gasteiger partial charge in [-0.15, -0.1) is 0 Å². The normalized spacial score (nSPS) is 16.1. The minimum Gasteiger partial charge on any atom is -0.238 e. The van der Waals surface area contributed by atoms with Crippen molar-refractivity contribution in [2.75, 3.05) is 0 Å². The van der Waals surface area contributed by atoms with E-state index in [1.54, 1.807) is 6.92 Å². The van der Waals surface area contributed by atoms with Gasteiger partial charge < -0.3 is 0 Å². The molecule has 5 heteroatoms. The molecule has 0 aromatic heterocycles. The first-order valence-corrected chi connectivity index (χ1v) is 3.33. The fraction of sp³-hybridized carbons (Fsp3) is 0.250. The molecule has 1 heterocycles. The van der Waals surface area contributed by atoms with E-state index in [4.69, 9.17) is 0 Å². The SMILES string of the molecule is CC1=NC(=S(=O)=O)C=N1. The Balaban J connectivity index is 3.25. The lowest BCUT2D eigenvalue weighted by Gasteiger charge is -1.72. The van der Waals surface area contributed by atoms with Crippen molar-refractivity contribution in [1.29, 1.82) is 0 Å². The molecule has 0 N–H and O–H groups in total. The van der Waals surface area contributed by atoms with Gasteiger partial charge in [-0.05, 0) is 6.92 Å². The number of hydrogen-bond acceptors (Lipinski definition) is 3. The van der Waals surface area contributed by atoms with Crippen LogP contribution in [0.15, 0.2) is 9.98 Å². The Morgan fingerprint density at radius 3 is 2.44 bits per heavy atom. The second-order valence-corrected chi connectivity index (χ2v) is 2.38. The Hall–Kier alpha value is -0.970. The summed E-state index contributed by atoms with van der Waals surface area (Å²) < 4.78 is 20.2. The minimum atomic E-state index is -2.23. The highest BCUT2D eigenvalue weighted by molar-refractivity contribution is 7.74. The van der Waals surface area contributed by atoms with Crippen LogP contribution < -0.4 is 0 Å². The zero-order valence-corrected chi connectivity index (χ0v) is 5.51. The van der Waals surface area contributed by atoms with Crippen LogP contribution in [-0.4, -0.2) is 25.5 Å². The van der Waals surface area contributed by atoms with Gasteiger partial charge in [-0.1, -0.05) is 0 Å². The minimum absolute atomic E-state index is 0.00694. The van der Waals surface area contributed by atoms with Crippen molar-refractivity contribution in [3.63, 3.8) is 0 Å². The molecule has 0 aromatic rings.